The molecule has 4 rings (SSSR count). The summed E-state index contributed by atoms with van der Waals surface area (Å²) in [6.45, 7) is 0.128. The monoisotopic (exact) mass is 554 g/mol. The normalized spacial score (nSPS) is 15.2. The Morgan fingerprint density at radius 2 is 1.75 bits per heavy atom. The van der Waals surface area contributed by atoms with Crippen molar-refractivity contribution in [3.63, 3.8) is 0 Å². The van der Waals surface area contributed by atoms with Crippen LogP contribution in [-0.2, 0) is 16.0 Å². The smallest absolute Gasteiger partial charge is 0.257 e. The largest absolute Gasteiger partial charge is 0.493 e. The van der Waals surface area contributed by atoms with E-state index in [0.29, 0.717) is 23.6 Å². The first kappa shape index (κ1) is 25.4. The number of imide groups is 1. The van der Waals surface area contributed by atoms with Crippen LogP contribution < -0.4 is 14.4 Å². The second-order valence-electron chi connectivity index (χ2n) is 8.21. The van der Waals surface area contributed by atoms with Gasteiger partial charge in [0.15, 0.2) is 11.5 Å². The van der Waals surface area contributed by atoms with Gasteiger partial charge < -0.3 is 14.4 Å². The Bertz CT molecular complexity index is 1300. The highest BCUT2D eigenvalue weighted by Gasteiger charge is 2.44. The predicted octanol–water partition coefficient (Wildman–Crippen LogP) is 4.62. The molecular weight excluding hydrogens is 531 g/mol. The van der Waals surface area contributed by atoms with Crippen molar-refractivity contribution in [1.29, 1.82) is 0 Å². The highest BCUT2D eigenvalue weighted by molar-refractivity contribution is 9.10. The first-order valence-corrected chi connectivity index (χ1v) is 12.0. The quantitative estimate of drug-likeness (QED) is 0.380. The molecular formula is C27H24BrFN2O5. The second-order valence-corrected chi connectivity index (χ2v) is 9.13. The number of halogens is 2. The summed E-state index contributed by atoms with van der Waals surface area (Å²) in [5.74, 6) is -0.901. The summed E-state index contributed by atoms with van der Waals surface area (Å²) in [5.41, 5.74) is 1.37. The Hall–Kier alpha value is -3.72. The van der Waals surface area contributed by atoms with E-state index in [0.717, 1.165) is 21.0 Å². The molecule has 1 saturated heterocycles. The third-order valence-corrected chi connectivity index (χ3v) is 6.53. The number of benzene rings is 3. The first-order chi connectivity index (χ1) is 17.3. The van der Waals surface area contributed by atoms with Crippen molar-refractivity contribution in [3.05, 3.63) is 88.1 Å². The van der Waals surface area contributed by atoms with Crippen molar-refractivity contribution >= 4 is 39.3 Å². The average Bonchev–Trinajstić information content (AvgIpc) is 3.17. The fourth-order valence-electron chi connectivity index (χ4n) is 4.19. The molecule has 186 valence electrons. The van der Waals surface area contributed by atoms with Gasteiger partial charge in [0.25, 0.3) is 11.8 Å². The third-order valence-electron chi connectivity index (χ3n) is 6.01. The molecule has 0 spiro atoms. The Kier molecular flexibility index (Phi) is 7.69. The number of amides is 3. The summed E-state index contributed by atoms with van der Waals surface area (Å²) in [6, 6.07) is 16.4. The molecule has 1 heterocycles. The summed E-state index contributed by atoms with van der Waals surface area (Å²) in [7, 11) is 3.07. The number of anilines is 1. The summed E-state index contributed by atoms with van der Waals surface area (Å²) in [5, 5.41) is 0. The van der Waals surface area contributed by atoms with Gasteiger partial charge in [0.05, 0.1) is 26.3 Å². The molecule has 9 heteroatoms. The molecule has 0 aliphatic carbocycles. The fraction of sp³-hybridized carbons (Fsp3) is 0.222. The maximum absolute atomic E-state index is 13.9. The number of carbonyl (C=O) groups excluding carboxylic acids is 3. The minimum Gasteiger partial charge on any atom is -0.493 e. The van der Waals surface area contributed by atoms with E-state index in [1.807, 2.05) is 6.07 Å². The molecule has 3 aromatic rings. The fourth-order valence-corrected chi connectivity index (χ4v) is 4.46. The molecule has 0 unspecified atom stereocenters. The van der Waals surface area contributed by atoms with E-state index in [9.17, 15) is 18.8 Å². The molecule has 1 atom stereocenters. The van der Waals surface area contributed by atoms with Crippen LogP contribution in [0.1, 0.15) is 22.3 Å². The van der Waals surface area contributed by atoms with Crippen LogP contribution in [0.25, 0.3) is 0 Å². The lowest BCUT2D eigenvalue weighted by atomic mass is 10.1. The number of ether oxygens (including phenoxy) is 2. The number of methoxy groups -OCH3 is 2. The Labute approximate surface area is 216 Å². The van der Waals surface area contributed by atoms with Gasteiger partial charge in [-0.05, 0) is 66.6 Å². The van der Waals surface area contributed by atoms with Gasteiger partial charge in [0.1, 0.15) is 11.9 Å². The number of hydrogen-bond acceptors (Lipinski definition) is 5. The number of rotatable bonds is 8. The maximum atomic E-state index is 13.9. The molecule has 0 saturated carbocycles. The van der Waals surface area contributed by atoms with Crippen LogP contribution in [0.4, 0.5) is 10.1 Å². The van der Waals surface area contributed by atoms with Crippen LogP contribution in [0.2, 0.25) is 0 Å². The SMILES string of the molecule is COc1ccc(CCN(C(=O)c2cccc(F)c2)[C@H]2CC(=O)N(c3ccc(Br)cc3)C2=O)cc1OC. The Balaban J connectivity index is 1.64. The van der Waals surface area contributed by atoms with E-state index >= 15 is 0 Å². The third kappa shape index (κ3) is 5.26. The molecule has 1 aliphatic rings. The van der Waals surface area contributed by atoms with E-state index in [-0.39, 0.29) is 18.5 Å². The van der Waals surface area contributed by atoms with Gasteiger partial charge >= 0.3 is 0 Å². The van der Waals surface area contributed by atoms with E-state index < -0.39 is 29.6 Å². The molecule has 3 aromatic carbocycles. The minimum atomic E-state index is -1.02. The van der Waals surface area contributed by atoms with Crippen molar-refractivity contribution < 1.29 is 28.2 Å². The summed E-state index contributed by atoms with van der Waals surface area (Å²) < 4.78 is 25.3. The lowest BCUT2D eigenvalue weighted by molar-refractivity contribution is -0.122. The van der Waals surface area contributed by atoms with E-state index in [4.69, 9.17) is 9.47 Å². The second kappa shape index (κ2) is 10.9. The van der Waals surface area contributed by atoms with Crippen molar-refractivity contribution in [2.24, 2.45) is 0 Å². The van der Waals surface area contributed by atoms with Crippen LogP contribution in [0.3, 0.4) is 0 Å². The van der Waals surface area contributed by atoms with Gasteiger partial charge in [-0.15, -0.1) is 0 Å². The summed E-state index contributed by atoms with van der Waals surface area (Å²) in [4.78, 5) is 42.3. The molecule has 0 aromatic heterocycles. The van der Waals surface area contributed by atoms with Gasteiger partial charge in [-0.25, -0.2) is 9.29 Å². The topological polar surface area (TPSA) is 76.2 Å². The number of hydrogen-bond donors (Lipinski definition) is 0. The molecule has 0 N–H and O–H groups in total. The number of carbonyl (C=O) groups is 3. The molecule has 0 radical (unpaired) electrons. The van der Waals surface area contributed by atoms with E-state index in [1.165, 1.54) is 37.3 Å². The molecule has 3 amide bonds. The van der Waals surface area contributed by atoms with Gasteiger partial charge in [-0.1, -0.05) is 28.1 Å². The average molecular weight is 555 g/mol. The predicted molar refractivity (Wildman–Crippen MR) is 136 cm³/mol. The zero-order valence-corrected chi connectivity index (χ0v) is 21.3. The van der Waals surface area contributed by atoms with Crippen LogP contribution in [0, 0.1) is 5.82 Å². The lowest BCUT2D eigenvalue weighted by Crippen LogP contribution is -2.46. The molecule has 1 aliphatic heterocycles. The van der Waals surface area contributed by atoms with E-state index in [1.54, 1.807) is 36.4 Å². The zero-order chi connectivity index (χ0) is 25.8. The van der Waals surface area contributed by atoms with Crippen molar-refractivity contribution in [2.45, 2.75) is 18.9 Å². The molecule has 36 heavy (non-hydrogen) atoms. The molecule has 0 bridgehead atoms. The maximum Gasteiger partial charge on any atom is 0.257 e. The van der Waals surface area contributed by atoms with Crippen LogP contribution in [0.15, 0.2) is 71.2 Å². The Morgan fingerprint density at radius 3 is 2.42 bits per heavy atom. The Morgan fingerprint density at radius 1 is 1.03 bits per heavy atom. The molecule has 1 fully saturated rings. The van der Waals surface area contributed by atoms with Gasteiger partial charge in [0.2, 0.25) is 5.91 Å². The summed E-state index contributed by atoms with van der Waals surface area (Å²) >= 11 is 3.34. The van der Waals surface area contributed by atoms with Crippen molar-refractivity contribution in [2.75, 3.05) is 25.7 Å². The zero-order valence-electron chi connectivity index (χ0n) is 19.7. The van der Waals surface area contributed by atoms with Gasteiger partial charge in [-0.2, -0.15) is 0 Å². The van der Waals surface area contributed by atoms with Crippen molar-refractivity contribution in [3.8, 4) is 11.5 Å². The summed E-state index contributed by atoms with van der Waals surface area (Å²) in [6.07, 6.45) is 0.208. The highest BCUT2D eigenvalue weighted by Crippen LogP contribution is 2.30. The lowest BCUT2D eigenvalue weighted by Gasteiger charge is -2.28. The first-order valence-electron chi connectivity index (χ1n) is 11.2. The van der Waals surface area contributed by atoms with Gasteiger partial charge in [0, 0.05) is 16.6 Å². The standard InChI is InChI=1S/C27H24BrFN2O5/c1-35-23-11-6-17(14-24(23)36-2)12-13-30(26(33)18-4-3-5-20(29)15-18)22-16-25(32)31(27(22)34)21-9-7-19(28)8-10-21/h3-11,14-15,22H,12-13,16H2,1-2H3/t22-/m0/s1. The van der Waals surface area contributed by atoms with Crippen LogP contribution in [-0.4, -0.2) is 49.4 Å². The van der Waals surface area contributed by atoms with Crippen LogP contribution >= 0.6 is 15.9 Å². The minimum absolute atomic E-state index is 0.102. The molecule has 7 nitrogen and oxygen atoms in total. The van der Waals surface area contributed by atoms with Crippen LogP contribution in [0.5, 0.6) is 11.5 Å². The number of nitrogens with zero attached hydrogens (tertiary/aromatic N) is 2. The van der Waals surface area contributed by atoms with Crippen molar-refractivity contribution in [1.82, 2.24) is 4.90 Å². The van der Waals surface area contributed by atoms with E-state index in [2.05, 4.69) is 15.9 Å². The highest BCUT2D eigenvalue weighted by atomic mass is 79.9. The van der Waals surface area contributed by atoms with Gasteiger partial charge in [-0.3, -0.25) is 14.4 Å².